The first-order valence-corrected chi connectivity index (χ1v) is 16.4. The summed E-state index contributed by atoms with van der Waals surface area (Å²) >= 11 is 0. The summed E-state index contributed by atoms with van der Waals surface area (Å²) in [4.78, 5) is 26.9. The van der Waals surface area contributed by atoms with Crippen LogP contribution in [-0.4, -0.2) is 65.6 Å². The number of allylic oxidation sites excluding steroid dienone is 2. The molecule has 0 radical (unpaired) electrons. The number of carbonyl (C=O) groups excluding carboxylic acids is 2. The number of hydrogen-bond acceptors (Lipinski definition) is 8. The average molecular weight is 591 g/mol. The lowest BCUT2D eigenvalue weighted by atomic mass is 9.49. The molecule has 238 valence electrons. The Morgan fingerprint density at radius 2 is 1.86 bits per heavy atom. The third kappa shape index (κ3) is 5.94. The Morgan fingerprint density at radius 3 is 2.48 bits per heavy atom. The summed E-state index contributed by atoms with van der Waals surface area (Å²) in [7, 11) is 0. The van der Waals surface area contributed by atoms with E-state index < -0.39 is 47.5 Å². The van der Waals surface area contributed by atoms with Gasteiger partial charge in [0.25, 0.3) is 0 Å². The van der Waals surface area contributed by atoms with Crippen LogP contribution >= 0.6 is 0 Å². The van der Waals surface area contributed by atoms with Crippen molar-refractivity contribution in [3.8, 4) is 0 Å². The number of fused-ring (bicyclic) bond motifs is 2. The van der Waals surface area contributed by atoms with E-state index in [1.807, 2.05) is 20.8 Å². The van der Waals surface area contributed by atoms with Crippen molar-refractivity contribution < 1.29 is 38.7 Å². The largest absolute Gasteiger partial charge is 0.460 e. The Labute approximate surface area is 251 Å². The Morgan fingerprint density at radius 1 is 1.12 bits per heavy atom. The first kappa shape index (κ1) is 31.9. The minimum atomic E-state index is -1.24. The third-order valence-electron chi connectivity index (χ3n) is 11.6. The molecular formula is C34H54O8. The van der Waals surface area contributed by atoms with Crippen molar-refractivity contribution in [2.24, 2.45) is 46.3 Å². The van der Waals surface area contributed by atoms with E-state index in [-0.39, 0.29) is 36.4 Å². The molecule has 8 heteroatoms. The number of carbonyl (C=O) groups is 2. The molecule has 1 heterocycles. The molecule has 6 rings (SSSR count). The highest BCUT2D eigenvalue weighted by Gasteiger charge is 2.57. The predicted molar refractivity (Wildman–Crippen MR) is 157 cm³/mol. The fraction of sp³-hybridized carbons (Fsp3) is 0.882. The van der Waals surface area contributed by atoms with Crippen LogP contribution in [0.3, 0.4) is 0 Å². The van der Waals surface area contributed by atoms with Crippen LogP contribution in [-0.2, 0) is 28.5 Å². The lowest BCUT2D eigenvalue weighted by molar-refractivity contribution is -0.246. The third-order valence-corrected chi connectivity index (χ3v) is 11.6. The minimum absolute atomic E-state index is 0.000721. The van der Waals surface area contributed by atoms with Gasteiger partial charge in [-0.3, -0.25) is 9.59 Å². The van der Waals surface area contributed by atoms with E-state index >= 15 is 0 Å². The second-order valence-corrected chi connectivity index (χ2v) is 15.8. The molecule has 6 bridgehead atoms. The van der Waals surface area contributed by atoms with Crippen LogP contribution in [0.15, 0.2) is 11.6 Å². The summed E-state index contributed by atoms with van der Waals surface area (Å²) in [6.07, 6.45) is 6.86. The van der Waals surface area contributed by atoms with Gasteiger partial charge in [0.05, 0.1) is 29.6 Å². The average Bonchev–Trinajstić information content (AvgIpc) is 3.08. The molecule has 6 aliphatic rings. The second-order valence-electron chi connectivity index (χ2n) is 15.8. The zero-order valence-corrected chi connectivity index (χ0v) is 26.8. The van der Waals surface area contributed by atoms with Crippen molar-refractivity contribution in [3.05, 3.63) is 11.6 Å². The highest BCUT2D eigenvalue weighted by molar-refractivity contribution is 5.78. The van der Waals surface area contributed by atoms with Gasteiger partial charge in [0.15, 0.2) is 6.29 Å². The van der Waals surface area contributed by atoms with E-state index in [1.54, 1.807) is 0 Å². The number of ether oxygens (including phenoxy) is 4. The smallest absolute Gasteiger partial charge is 0.312 e. The zero-order chi connectivity index (χ0) is 30.6. The lowest BCUT2D eigenvalue weighted by Crippen LogP contribution is -2.55. The fourth-order valence-electron chi connectivity index (χ4n) is 9.24. The van der Waals surface area contributed by atoms with Gasteiger partial charge in [-0.05, 0) is 95.8 Å². The van der Waals surface area contributed by atoms with Crippen LogP contribution in [0.5, 0.6) is 0 Å². The van der Waals surface area contributed by atoms with Crippen molar-refractivity contribution in [2.75, 3.05) is 13.2 Å². The van der Waals surface area contributed by atoms with E-state index in [9.17, 15) is 19.8 Å². The molecule has 0 amide bonds. The Balaban J connectivity index is 1.20. The van der Waals surface area contributed by atoms with Gasteiger partial charge in [-0.2, -0.15) is 0 Å². The van der Waals surface area contributed by atoms with E-state index in [0.717, 1.165) is 19.3 Å². The summed E-state index contributed by atoms with van der Waals surface area (Å²) in [6.45, 7) is 13.9. The van der Waals surface area contributed by atoms with Gasteiger partial charge < -0.3 is 29.2 Å². The van der Waals surface area contributed by atoms with Gasteiger partial charge >= 0.3 is 11.9 Å². The molecule has 1 aliphatic heterocycles. The second kappa shape index (κ2) is 11.8. The topological polar surface area (TPSA) is 112 Å². The van der Waals surface area contributed by atoms with E-state index in [4.69, 9.17) is 18.9 Å². The molecule has 8 nitrogen and oxygen atoms in total. The van der Waals surface area contributed by atoms with E-state index in [1.165, 1.54) is 18.4 Å². The summed E-state index contributed by atoms with van der Waals surface area (Å²) < 4.78 is 24.2. The van der Waals surface area contributed by atoms with Crippen molar-refractivity contribution in [1.82, 2.24) is 0 Å². The number of hydrogen-bond donors (Lipinski definition) is 2. The van der Waals surface area contributed by atoms with Crippen molar-refractivity contribution in [1.29, 1.82) is 0 Å². The molecule has 0 spiro atoms. The minimum Gasteiger partial charge on any atom is -0.460 e. The number of esters is 2. The zero-order valence-electron chi connectivity index (χ0n) is 26.8. The molecule has 0 aromatic carbocycles. The molecule has 2 N–H and O–H groups in total. The van der Waals surface area contributed by atoms with Crippen LogP contribution in [0, 0.1) is 46.3 Å². The van der Waals surface area contributed by atoms with Gasteiger partial charge in [0.1, 0.15) is 18.8 Å². The first-order chi connectivity index (χ1) is 19.7. The van der Waals surface area contributed by atoms with E-state index in [0.29, 0.717) is 37.0 Å². The highest BCUT2D eigenvalue weighted by atomic mass is 16.6. The SMILES string of the molecule is CC(C)CC(C)(C(=O)OC1C2CC(CO)OC1C(C(=O)OCC(O)OC(C)(C)C13CC4=CC(CC(C4)C1)C3)C2)C(C)C. The lowest BCUT2D eigenvalue weighted by Gasteiger charge is -2.59. The normalized spacial score (nSPS) is 37.5. The molecule has 0 aromatic rings. The van der Waals surface area contributed by atoms with E-state index in [2.05, 4.69) is 33.8 Å². The fourth-order valence-corrected chi connectivity index (χ4v) is 9.24. The van der Waals surface area contributed by atoms with Gasteiger partial charge in [0.2, 0.25) is 0 Å². The van der Waals surface area contributed by atoms with Gasteiger partial charge in [-0.15, -0.1) is 0 Å². The maximum atomic E-state index is 13.5. The van der Waals surface area contributed by atoms with Gasteiger partial charge in [-0.1, -0.05) is 39.3 Å². The predicted octanol–water partition coefficient (Wildman–Crippen LogP) is 5.19. The van der Waals surface area contributed by atoms with Crippen molar-refractivity contribution in [3.63, 3.8) is 0 Å². The summed E-state index contributed by atoms with van der Waals surface area (Å²) in [5, 5.41) is 20.7. The van der Waals surface area contributed by atoms with Crippen molar-refractivity contribution >= 4 is 11.9 Å². The maximum absolute atomic E-state index is 13.5. The quantitative estimate of drug-likeness (QED) is 0.182. The molecule has 0 aromatic heterocycles. The number of rotatable bonds is 12. The molecule has 42 heavy (non-hydrogen) atoms. The highest BCUT2D eigenvalue weighted by Crippen LogP contribution is 2.62. The molecular weight excluding hydrogens is 536 g/mol. The Hall–Kier alpha value is -1.48. The maximum Gasteiger partial charge on any atom is 0.312 e. The number of aliphatic hydroxyl groups is 2. The molecule has 4 fully saturated rings. The van der Waals surface area contributed by atoms with Crippen molar-refractivity contribution in [2.45, 2.75) is 130 Å². The Kier molecular flexibility index (Phi) is 8.96. The van der Waals surface area contributed by atoms with Gasteiger partial charge in [0, 0.05) is 11.3 Å². The summed E-state index contributed by atoms with van der Waals surface area (Å²) in [5.41, 5.74) is 0.322. The van der Waals surface area contributed by atoms with Crippen LogP contribution in [0.4, 0.5) is 0 Å². The van der Waals surface area contributed by atoms with Crippen LogP contribution in [0.1, 0.15) is 99.8 Å². The van der Waals surface area contributed by atoms with Crippen LogP contribution in [0.2, 0.25) is 0 Å². The molecule has 10 atom stereocenters. The summed E-state index contributed by atoms with van der Waals surface area (Å²) in [6, 6.07) is 0. The van der Waals surface area contributed by atoms with Gasteiger partial charge in [-0.25, -0.2) is 0 Å². The molecule has 5 aliphatic carbocycles. The standard InChI is InChI=1S/C34H54O8/c1-19(2)13-33(7,20(3)4)31(38)41-28-24-11-25(17-35)40-29(28)26(12-24)30(37)39-18-27(36)42-32(5,6)34-14-21-8-22(15-34)10-23(9-21)16-34/h8,19-21,23-29,35-36H,9-18H2,1-7H3. The molecule has 3 saturated carbocycles. The molecule has 1 saturated heterocycles. The Bertz CT molecular complexity index is 1050. The number of aliphatic hydroxyl groups excluding tert-OH is 2. The monoisotopic (exact) mass is 590 g/mol. The first-order valence-electron chi connectivity index (χ1n) is 16.4. The van der Waals surface area contributed by atoms with Crippen LogP contribution in [0.25, 0.3) is 0 Å². The molecule has 10 unspecified atom stereocenters. The summed E-state index contributed by atoms with van der Waals surface area (Å²) in [5.74, 6) is 0.207. The van der Waals surface area contributed by atoms with Crippen LogP contribution < -0.4 is 0 Å².